The zero-order valence-corrected chi connectivity index (χ0v) is 18.3. The van der Waals surface area contributed by atoms with Crippen LogP contribution in [0.15, 0.2) is 121 Å². The Morgan fingerprint density at radius 3 is 2.15 bits per heavy atom. The zero-order chi connectivity index (χ0) is 22.3. The SMILES string of the molecule is c1ccc(Oc2ccc(NCc3cccc(OCc4cccc5ccccc45)c3)cc2)cc1. The molecular weight excluding hydrogens is 406 g/mol. The van der Waals surface area contributed by atoms with Crippen molar-refractivity contribution >= 4 is 16.5 Å². The third kappa shape index (κ3) is 5.34. The number of para-hydroxylation sites is 1. The van der Waals surface area contributed by atoms with Crippen molar-refractivity contribution in [1.82, 2.24) is 0 Å². The van der Waals surface area contributed by atoms with Crippen LogP contribution in [0.25, 0.3) is 10.8 Å². The fourth-order valence-corrected chi connectivity index (χ4v) is 3.79. The van der Waals surface area contributed by atoms with Crippen LogP contribution in [0.3, 0.4) is 0 Å². The van der Waals surface area contributed by atoms with Crippen molar-refractivity contribution in [3.8, 4) is 17.2 Å². The van der Waals surface area contributed by atoms with Gasteiger partial charge in [0.15, 0.2) is 0 Å². The summed E-state index contributed by atoms with van der Waals surface area (Å²) in [6.45, 7) is 1.26. The molecule has 0 heterocycles. The molecular formula is C30H25NO2. The lowest BCUT2D eigenvalue weighted by molar-refractivity contribution is 0.307. The lowest BCUT2D eigenvalue weighted by atomic mass is 10.1. The average Bonchev–Trinajstić information content (AvgIpc) is 2.88. The van der Waals surface area contributed by atoms with E-state index in [-0.39, 0.29) is 0 Å². The van der Waals surface area contributed by atoms with Crippen LogP contribution in [-0.4, -0.2) is 0 Å². The molecule has 0 saturated carbocycles. The van der Waals surface area contributed by atoms with Crippen LogP contribution < -0.4 is 14.8 Å². The van der Waals surface area contributed by atoms with E-state index in [1.165, 1.54) is 16.3 Å². The van der Waals surface area contributed by atoms with Gasteiger partial charge in [-0.05, 0) is 70.4 Å². The van der Waals surface area contributed by atoms with Gasteiger partial charge in [0.1, 0.15) is 23.9 Å². The summed E-state index contributed by atoms with van der Waals surface area (Å²) in [5, 5.41) is 5.93. The quantitative estimate of drug-likeness (QED) is 0.272. The molecule has 0 fully saturated rings. The second-order valence-corrected chi connectivity index (χ2v) is 7.87. The number of ether oxygens (including phenoxy) is 2. The van der Waals surface area contributed by atoms with Crippen LogP contribution in [0.2, 0.25) is 0 Å². The molecule has 0 aliphatic rings. The third-order valence-corrected chi connectivity index (χ3v) is 5.50. The van der Waals surface area contributed by atoms with Crippen LogP contribution in [0.4, 0.5) is 5.69 Å². The second kappa shape index (κ2) is 9.92. The molecule has 1 N–H and O–H groups in total. The molecule has 5 rings (SSSR count). The lowest BCUT2D eigenvalue weighted by Gasteiger charge is -2.12. The van der Waals surface area contributed by atoms with E-state index in [0.29, 0.717) is 13.2 Å². The summed E-state index contributed by atoms with van der Waals surface area (Å²) in [7, 11) is 0. The molecule has 0 aliphatic carbocycles. The van der Waals surface area contributed by atoms with Gasteiger partial charge < -0.3 is 14.8 Å². The minimum absolute atomic E-state index is 0.543. The first-order valence-corrected chi connectivity index (χ1v) is 11.1. The highest BCUT2D eigenvalue weighted by molar-refractivity contribution is 5.85. The van der Waals surface area contributed by atoms with Crippen LogP contribution >= 0.6 is 0 Å². The molecule has 0 atom stereocenters. The molecule has 33 heavy (non-hydrogen) atoms. The fourth-order valence-electron chi connectivity index (χ4n) is 3.79. The van der Waals surface area contributed by atoms with Gasteiger partial charge in [-0.1, -0.05) is 72.8 Å². The van der Waals surface area contributed by atoms with Crippen molar-refractivity contribution < 1.29 is 9.47 Å². The molecule has 0 unspecified atom stereocenters. The first-order chi connectivity index (χ1) is 16.3. The fraction of sp³-hybridized carbons (Fsp3) is 0.0667. The maximum absolute atomic E-state index is 6.12. The first-order valence-electron chi connectivity index (χ1n) is 11.1. The Balaban J connectivity index is 1.18. The van der Waals surface area contributed by atoms with E-state index in [4.69, 9.17) is 9.47 Å². The third-order valence-electron chi connectivity index (χ3n) is 5.50. The van der Waals surface area contributed by atoms with Crippen molar-refractivity contribution in [2.45, 2.75) is 13.2 Å². The molecule has 5 aromatic carbocycles. The molecule has 162 valence electrons. The van der Waals surface area contributed by atoms with E-state index in [0.717, 1.165) is 28.5 Å². The number of nitrogens with one attached hydrogen (secondary N) is 1. The number of hydrogen-bond acceptors (Lipinski definition) is 3. The van der Waals surface area contributed by atoms with Crippen LogP contribution in [0, 0.1) is 0 Å². The Labute approximate surface area is 194 Å². The Hall–Kier alpha value is -4.24. The Bertz CT molecular complexity index is 1330. The van der Waals surface area contributed by atoms with Gasteiger partial charge in [0.25, 0.3) is 0 Å². The van der Waals surface area contributed by atoms with Crippen LogP contribution in [-0.2, 0) is 13.2 Å². The molecule has 0 bridgehead atoms. The predicted octanol–water partition coefficient (Wildman–Crippen LogP) is 7.82. The van der Waals surface area contributed by atoms with Crippen molar-refractivity contribution in [3.63, 3.8) is 0 Å². The summed E-state index contributed by atoms with van der Waals surface area (Å²) < 4.78 is 12.0. The minimum Gasteiger partial charge on any atom is -0.489 e. The molecule has 0 aliphatic heterocycles. The maximum Gasteiger partial charge on any atom is 0.127 e. The molecule has 0 aromatic heterocycles. The van der Waals surface area contributed by atoms with Crippen LogP contribution in [0.5, 0.6) is 17.2 Å². The van der Waals surface area contributed by atoms with Gasteiger partial charge in [-0.25, -0.2) is 0 Å². The molecule has 3 heteroatoms. The summed E-state index contributed by atoms with van der Waals surface area (Å²) in [5.41, 5.74) is 3.39. The van der Waals surface area contributed by atoms with E-state index in [9.17, 15) is 0 Å². The van der Waals surface area contributed by atoms with E-state index in [1.54, 1.807) is 0 Å². The number of anilines is 1. The molecule has 5 aromatic rings. The number of benzene rings is 5. The van der Waals surface area contributed by atoms with Gasteiger partial charge in [0.2, 0.25) is 0 Å². The van der Waals surface area contributed by atoms with Gasteiger partial charge in [0, 0.05) is 12.2 Å². The Morgan fingerprint density at radius 1 is 0.576 bits per heavy atom. The van der Waals surface area contributed by atoms with Crippen molar-refractivity contribution in [1.29, 1.82) is 0 Å². The van der Waals surface area contributed by atoms with E-state index in [1.807, 2.05) is 66.7 Å². The normalized spacial score (nSPS) is 10.7. The highest BCUT2D eigenvalue weighted by Crippen LogP contribution is 2.24. The predicted molar refractivity (Wildman–Crippen MR) is 135 cm³/mol. The molecule has 0 spiro atoms. The van der Waals surface area contributed by atoms with Crippen molar-refractivity contribution in [2.75, 3.05) is 5.32 Å². The second-order valence-electron chi connectivity index (χ2n) is 7.87. The van der Waals surface area contributed by atoms with Crippen molar-refractivity contribution in [3.05, 3.63) is 132 Å². The first kappa shape index (κ1) is 20.7. The highest BCUT2D eigenvalue weighted by atomic mass is 16.5. The van der Waals surface area contributed by atoms with Gasteiger partial charge in [-0.15, -0.1) is 0 Å². The largest absolute Gasteiger partial charge is 0.489 e. The van der Waals surface area contributed by atoms with E-state index < -0.39 is 0 Å². The van der Waals surface area contributed by atoms with E-state index in [2.05, 4.69) is 59.9 Å². The molecule has 0 radical (unpaired) electrons. The highest BCUT2D eigenvalue weighted by Gasteiger charge is 2.03. The van der Waals surface area contributed by atoms with Crippen molar-refractivity contribution in [2.24, 2.45) is 0 Å². The Kier molecular flexibility index (Phi) is 6.21. The van der Waals surface area contributed by atoms with Gasteiger partial charge >= 0.3 is 0 Å². The number of fused-ring (bicyclic) bond motifs is 1. The summed E-state index contributed by atoms with van der Waals surface area (Å²) in [5.74, 6) is 2.52. The number of hydrogen-bond donors (Lipinski definition) is 1. The topological polar surface area (TPSA) is 30.5 Å². The zero-order valence-electron chi connectivity index (χ0n) is 18.3. The molecule has 0 saturated heterocycles. The average molecular weight is 432 g/mol. The lowest BCUT2D eigenvalue weighted by Crippen LogP contribution is -2.01. The van der Waals surface area contributed by atoms with Crippen LogP contribution in [0.1, 0.15) is 11.1 Å². The summed E-state index contributed by atoms with van der Waals surface area (Å²) in [6, 6.07) is 40.8. The molecule has 3 nitrogen and oxygen atoms in total. The summed E-state index contributed by atoms with van der Waals surface area (Å²) in [6.07, 6.45) is 0. The van der Waals surface area contributed by atoms with Gasteiger partial charge in [-0.3, -0.25) is 0 Å². The standard InChI is InChI=1S/C30H25NO2/c1-2-12-27(13-3-1)33-28-18-16-26(17-19-28)31-21-23-8-6-14-29(20-23)32-22-25-11-7-10-24-9-4-5-15-30(24)25/h1-20,31H,21-22H2. The maximum atomic E-state index is 6.12. The summed E-state index contributed by atoms with van der Waals surface area (Å²) >= 11 is 0. The molecule has 0 amide bonds. The number of rotatable bonds is 8. The van der Waals surface area contributed by atoms with Gasteiger partial charge in [0.05, 0.1) is 0 Å². The Morgan fingerprint density at radius 2 is 1.27 bits per heavy atom. The minimum atomic E-state index is 0.543. The van der Waals surface area contributed by atoms with Gasteiger partial charge in [-0.2, -0.15) is 0 Å². The van der Waals surface area contributed by atoms with E-state index >= 15 is 0 Å². The monoisotopic (exact) mass is 431 g/mol. The summed E-state index contributed by atoms with van der Waals surface area (Å²) in [4.78, 5) is 0. The smallest absolute Gasteiger partial charge is 0.127 e.